The van der Waals surface area contributed by atoms with Crippen molar-refractivity contribution in [1.82, 2.24) is 0 Å². The Balaban J connectivity index is -0.0000000555. The van der Waals surface area contributed by atoms with Crippen molar-refractivity contribution in [3.63, 3.8) is 0 Å². The van der Waals surface area contributed by atoms with Crippen LogP contribution in [0.3, 0.4) is 0 Å². The number of carboxylic acids is 5. The first-order valence-electron chi connectivity index (χ1n) is 5.26. The highest BCUT2D eigenvalue weighted by atomic mass is 16.4. The average molecular weight is 330 g/mol. The Kier molecular flexibility index (Phi) is 33.6. The van der Waals surface area contributed by atoms with Crippen LogP contribution in [0.5, 0.6) is 0 Å². The zero-order valence-corrected chi connectivity index (χ0v) is 12.8. The van der Waals surface area contributed by atoms with Crippen LogP contribution in [-0.4, -0.2) is 66.6 Å². The van der Waals surface area contributed by atoms with Crippen molar-refractivity contribution in [3.05, 3.63) is 0 Å². The van der Waals surface area contributed by atoms with Gasteiger partial charge in [0.2, 0.25) is 0 Å². The summed E-state index contributed by atoms with van der Waals surface area (Å²) in [6.45, 7) is 5.53. The minimum absolute atomic E-state index is 0.833. The Bertz CT molecular complexity index is 269. The molecule has 0 aliphatic rings. The summed E-state index contributed by atoms with van der Waals surface area (Å²) < 4.78 is 0. The van der Waals surface area contributed by atoms with E-state index in [9.17, 15) is 4.79 Å². The quantitative estimate of drug-likeness (QED) is 0.371. The lowest BCUT2D eigenvalue weighted by Gasteiger charge is -1.89. The molecule has 132 valence electrons. The molecule has 22 heavy (non-hydrogen) atoms. The first-order chi connectivity index (χ1) is 9.57. The minimum Gasteiger partial charge on any atom is -0.481 e. The van der Waals surface area contributed by atoms with Crippen LogP contribution < -0.4 is 0 Å². The second-order valence-electron chi connectivity index (χ2n) is 3.09. The molecule has 0 aromatic heterocycles. The number of hydrogen-bond acceptors (Lipinski definition) is 6. The van der Waals surface area contributed by atoms with E-state index in [0.717, 1.165) is 27.7 Å². The van der Waals surface area contributed by atoms with Gasteiger partial charge in [0.1, 0.15) is 6.10 Å². The molecule has 0 aliphatic carbocycles. The van der Waals surface area contributed by atoms with Crippen LogP contribution in [0.2, 0.25) is 0 Å². The molecule has 0 radical (unpaired) electrons. The maximum atomic E-state index is 9.45. The Morgan fingerprint density at radius 1 is 0.591 bits per heavy atom. The highest BCUT2D eigenvalue weighted by Gasteiger charge is 2.01. The number of aliphatic carboxylic acids is 5. The molecule has 0 spiro atoms. The summed E-state index contributed by atoms with van der Waals surface area (Å²) in [5.74, 6) is -4.52. The molecule has 0 rings (SSSR count). The molecule has 11 nitrogen and oxygen atoms in total. The fourth-order valence-electron chi connectivity index (χ4n) is 0. The van der Waals surface area contributed by atoms with Gasteiger partial charge in [-0.3, -0.25) is 19.2 Å². The van der Waals surface area contributed by atoms with Crippen LogP contribution in [-0.2, 0) is 24.0 Å². The third kappa shape index (κ3) is 2680. The van der Waals surface area contributed by atoms with Gasteiger partial charge < -0.3 is 30.6 Å². The molecule has 11 heteroatoms. The summed E-state index contributed by atoms with van der Waals surface area (Å²) in [6, 6.07) is 0. The molecule has 0 heterocycles. The van der Waals surface area contributed by atoms with E-state index in [0.29, 0.717) is 0 Å². The van der Waals surface area contributed by atoms with Crippen molar-refractivity contribution in [3.8, 4) is 0 Å². The highest BCUT2D eigenvalue weighted by Crippen LogP contribution is 1.73. The van der Waals surface area contributed by atoms with E-state index >= 15 is 0 Å². The molecule has 0 saturated heterocycles. The minimum atomic E-state index is -1.23. The average Bonchev–Trinajstić information content (AvgIpc) is 2.12. The number of carbonyl (C=O) groups is 5. The maximum absolute atomic E-state index is 9.45. The molecule has 0 saturated carbocycles. The van der Waals surface area contributed by atoms with Crippen LogP contribution in [0.1, 0.15) is 34.6 Å². The fourth-order valence-corrected chi connectivity index (χ4v) is 0. The standard InChI is InChI=1S/C3H6O3.4C2H4O2/c1-2(4)3(5)6;4*1-2(3)4/h2,4H,1H3,(H,5,6);4*1H3,(H,3,4). The smallest absolute Gasteiger partial charge is 0.332 e. The third-order valence-electron chi connectivity index (χ3n) is 0.357. The van der Waals surface area contributed by atoms with Crippen molar-refractivity contribution in [1.29, 1.82) is 0 Å². The van der Waals surface area contributed by atoms with Gasteiger partial charge in [-0.25, -0.2) is 4.79 Å². The van der Waals surface area contributed by atoms with Gasteiger partial charge in [0, 0.05) is 27.7 Å². The van der Waals surface area contributed by atoms with Crippen molar-refractivity contribution in [2.24, 2.45) is 0 Å². The molecular weight excluding hydrogens is 308 g/mol. The Labute approximate surface area is 126 Å². The van der Waals surface area contributed by atoms with E-state index in [1.54, 1.807) is 0 Å². The van der Waals surface area contributed by atoms with E-state index in [4.69, 9.17) is 49.8 Å². The lowest BCUT2D eigenvalue weighted by atomic mass is 10.4. The largest absolute Gasteiger partial charge is 0.481 e. The van der Waals surface area contributed by atoms with Crippen molar-refractivity contribution in [2.75, 3.05) is 0 Å². The van der Waals surface area contributed by atoms with Crippen LogP contribution in [0.15, 0.2) is 0 Å². The van der Waals surface area contributed by atoms with E-state index < -0.39 is 36.0 Å². The SMILES string of the molecule is CC(=O)O.CC(=O)O.CC(=O)O.CC(=O)O.CC(O)C(=O)O. The van der Waals surface area contributed by atoms with Gasteiger partial charge in [-0.05, 0) is 6.92 Å². The zero-order valence-electron chi connectivity index (χ0n) is 12.8. The Morgan fingerprint density at radius 2 is 0.636 bits per heavy atom. The second-order valence-corrected chi connectivity index (χ2v) is 3.09. The fraction of sp³-hybridized carbons (Fsp3) is 0.545. The molecule has 0 aromatic rings. The summed E-state index contributed by atoms with van der Waals surface area (Å²) in [5.41, 5.74) is 0. The van der Waals surface area contributed by atoms with Gasteiger partial charge in [-0.2, -0.15) is 0 Å². The summed E-state index contributed by atoms with van der Waals surface area (Å²) in [5, 5.41) is 45.4. The first-order valence-corrected chi connectivity index (χ1v) is 5.26. The number of hydrogen-bond donors (Lipinski definition) is 6. The van der Waals surface area contributed by atoms with Gasteiger partial charge in [0.15, 0.2) is 0 Å². The maximum Gasteiger partial charge on any atom is 0.332 e. The molecule has 0 bridgehead atoms. The molecule has 0 amide bonds. The van der Waals surface area contributed by atoms with Gasteiger partial charge in [-0.15, -0.1) is 0 Å². The molecule has 0 aliphatic heterocycles. The van der Waals surface area contributed by atoms with E-state index in [1.165, 1.54) is 6.92 Å². The molecule has 1 atom stereocenters. The van der Waals surface area contributed by atoms with Crippen LogP contribution in [0.25, 0.3) is 0 Å². The first kappa shape index (κ1) is 31.6. The Morgan fingerprint density at radius 3 is 0.636 bits per heavy atom. The third-order valence-corrected chi connectivity index (χ3v) is 0.357. The van der Waals surface area contributed by atoms with Crippen LogP contribution in [0, 0.1) is 0 Å². The lowest BCUT2D eigenvalue weighted by Crippen LogP contribution is -2.13. The zero-order chi connectivity index (χ0) is 19.5. The second kappa shape index (κ2) is 23.4. The van der Waals surface area contributed by atoms with E-state index in [2.05, 4.69) is 0 Å². The number of carboxylic acid groups (broad SMARTS) is 5. The molecule has 0 aromatic carbocycles. The van der Waals surface area contributed by atoms with Gasteiger partial charge >= 0.3 is 5.97 Å². The van der Waals surface area contributed by atoms with Gasteiger partial charge in [0.05, 0.1) is 0 Å². The summed E-state index contributed by atoms with van der Waals surface area (Å²) >= 11 is 0. The number of aliphatic hydroxyl groups excluding tert-OH is 1. The van der Waals surface area contributed by atoms with Gasteiger partial charge in [0.25, 0.3) is 23.9 Å². The van der Waals surface area contributed by atoms with Crippen LogP contribution >= 0.6 is 0 Å². The lowest BCUT2D eigenvalue weighted by molar-refractivity contribution is -0.145. The number of rotatable bonds is 1. The van der Waals surface area contributed by atoms with Gasteiger partial charge in [-0.1, -0.05) is 0 Å². The molecule has 1 unspecified atom stereocenters. The summed E-state index contributed by atoms with van der Waals surface area (Å²) in [6.07, 6.45) is -1.23. The normalized spacial score (nSPS) is 8.27. The highest BCUT2D eigenvalue weighted by molar-refractivity contribution is 5.71. The topological polar surface area (TPSA) is 207 Å². The van der Waals surface area contributed by atoms with E-state index in [1.807, 2.05) is 0 Å². The molecule has 0 fully saturated rings. The predicted molar refractivity (Wildman–Crippen MR) is 72.6 cm³/mol. The molecular formula is C11H22O11. The van der Waals surface area contributed by atoms with E-state index in [-0.39, 0.29) is 0 Å². The van der Waals surface area contributed by atoms with Crippen LogP contribution in [0.4, 0.5) is 0 Å². The monoisotopic (exact) mass is 330 g/mol. The summed E-state index contributed by atoms with van der Waals surface area (Å²) in [4.78, 5) is 45.4. The van der Waals surface area contributed by atoms with Crippen molar-refractivity contribution >= 4 is 29.8 Å². The predicted octanol–water partition coefficient (Wildman–Crippen LogP) is -0.185. The molecule has 6 N–H and O–H groups in total. The Hall–Kier alpha value is -2.69. The van der Waals surface area contributed by atoms with Crippen molar-refractivity contribution in [2.45, 2.75) is 40.7 Å². The summed E-state index contributed by atoms with van der Waals surface area (Å²) in [7, 11) is 0. The number of aliphatic hydroxyl groups is 1. The van der Waals surface area contributed by atoms with Crippen molar-refractivity contribution < 1.29 is 54.6 Å².